The maximum Gasteiger partial charge on any atom is 0.335 e. The number of carbonyl (C=O) groups excluding carboxylic acids is 1. The zero-order chi connectivity index (χ0) is 13.6. The number of carbonyl (C=O) groups is 2. The second-order valence-electron chi connectivity index (χ2n) is 3.29. The maximum absolute atomic E-state index is 11.1. The summed E-state index contributed by atoms with van der Waals surface area (Å²) >= 11 is 0. The van der Waals surface area contributed by atoms with Gasteiger partial charge in [-0.1, -0.05) is 0 Å². The number of aliphatic carboxylic acids is 1. The topological polar surface area (TPSA) is 173 Å². The normalized spacial score (nSPS) is 17.9. The van der Waals surface area contributed by atoms with Crippen molar-refractivity contribution in [1.29, 1.82) is 0 Å². The number of carboxylic acid groups (broad SMARTS) is 1. The van der Waals surface area contributed by atoms with Crippen LogP contribution in [0.2, 0.25) is 0 Å². The molecule has 0 aromatic carbocycles. The van der Waals surface area contributed by atoms with E-state index in [0.717, 1.165) is 0 Å². The van der Waals surface area contributed by atoms with Gasteiger partial charge in [0, 0.05) is 13.1 Å². The molecule has 0 heterocycles. The average Bonchev–Trinajstić information content (AvgIpc) is 2.31. The third kappa shape index (κ3) is 4.63. The standard InChI is InChI=1S/C8H16N2O7/c9-1-2-10-7(15)5(13)3(11)4(12)6(14)8(16)17/h3-6,11-14H,1-2,9H2,(H,10,15)(H,16,17)/t3-,4-,5?,6?/m0/s1. The molecule has 0 spiro atoms. The summed E-state index contributed by atoms with van der Waals surface area (Å²) in [4.78, 5) is 21.4. The quantitative estimate of drug-likeness (QED) is 0.238. The predicted octanol–water partition coefficient (Wildman–Crippen LogP) is -4.41. The Balaban J connectivity index is 4.42. The number of hydrogen-bond donors (Lipinski definition) is 7. The van der Waals surface area contributed by atoms with Crippen LogP contribution >= 0.6 is 0 Å². The molecule has 0 aliphatic carbocycles. The Labute approximate surface area is 96.5 Å². The molecule has 0 fully saturated rings. The van der Waals surface area contributed by atoms with Crippen molar-refractivity contribution in [2.75, 3.05) is 13.1 Å². The van der Waals surface area contributed by atoms with Crippen molar-refractivity contribution in [2.45, 2.75) is 24.4 Å². The Morgan fingerprint density at radius 2 is 1.53 bits per heavy atom. The first kappa shape index (κ1) is 15.7. The molecule has 0 saturated carbocycles. The highest BCUT2D eigenvalue weighted by atomic mass is 16.4. The molecule has 0 aliphatic heterocycles. The highest BCUT2D eigenvalue weighted by Gasteiger charge is 2.37. The zero-order valence-electron chi connectivity index (χ0n) is 8.85. The van der Waals surface area contributed by atoms with Gasteiger partial charge in [0.1, 0.15) is 12.2 Å². The number of rotatable bonds is 7. The van der Waals surface area contributed by atoms with Gasteiger partial charge in [-0.05, 0) is 0 Å². The van der Waals surface area contributed by atoms with Crippen LogP contribution in [0, 0.1) is 0 Å². The number of aliphatic hydroxyl groups is 4. The van der Waals surface area contributed by atoms with Crippen molar-refractivity contribution in [2.24, 2.45) is 5.73 Å². The van der Waals surface area contributed by atoms with E-state index >= 15 is 0 Å². The van der Waals surface area contributed by atoms with E-state index in [1.807, 2.05) is 0 Å². The van der Waals surface area contributed by atoms with Crippen LogP contribution < -0.4 is 11.1 Å². The molecule has 9 nitrogen and oxygen atoms in total. The van der Waals surface area contributed by atoms with Gasteiger partial charge in [-0.15, -0.1) is 0 Å². The Kier molecular flexibility index (Phi) is 6.61. The third-order valence-electron chi connectivity index (χ3n) is 1.96. The highest BCUT2D eigenvalue weighted by molar-refractivity contribution is 5.81. The van der Waals surface area contributed by atoms with Crippen molar-refractivity contribution < 1.29 is 35.1 Å². The molecule has 0 saturated heterocycles. The molecule has 0 aromatic rings. The van der Waals surface area contributed by atoms with Crippen LogP contribution in [0.3, 0.4) is 0 Å². The smallest absolute Gasteiger partial charge is 0.335 e. The number of amides is 1. The Hall–Kier alpha value is -1.26. The lowest BCUT2D eigenvalue weighted by atomic mass is 10.0. The Morgan fingerprint density at radius 1 is 1.06 bits per heavy atom. The van der Waals surface area contributed by atoms with Crippen molar-refractivity contribution in [1.82, 2.24) is 5.32 Å². The minimum absolute atomic E-state index is 0.0419. The lowest BCUT2D eigenvalue weighted by Crippen LogP contribution is -2.53. The first-order valence-corrected chi connectivity index (χ1v) is 4.75. The van der Waals surface area contributed by atoms with Gasteiger partial charge < -0.3 is 36.6 Å². The summed E-state index contributed by atoms with van der Waals surface area (Å²) in [6.07, 6.45) is -8.68. The molecule has 2 unspecified atom stereocenters. The lowest BCUT2D eigenvalue weighted by Gasteiger charge is -2.23. The number of nitrogens with two attached hydrogens (primary N) is 1. The molecule has 17 heavy (non-hydrogen) atoms. The summed E-state index contributed by atoms with van der Waals surface area (Å²) in [7, 11) is 0. The lowest BCUT2D eigenvalue weighted by molar-refractivity contribution is -0.166. The van der Waals surface area contributed by atoms with Crippen LogP contribution in [0.5, 0.6) is 0 Å². The van der Waals surface area contributed by atoms with Gasteiger partial charge >= 0.3 is 5.97 Å². The summed E-state index contributed by atoms with van der Waals surface area (Å²) in [5, 5.41) is 47.0. The van der Waals surface area contributed by atoms with Gasteiger partial charge in [-0.25, -0.2) is 4.79 Å². The first-order chi connectivity index (χ1) is 7.82. The summed E-state index contributed by atoms with van der Waals surface area (Å²) < 4.78 is 0. The zero-order valence-corrected chi connectivity index (χ0v) is 8.85. The van der Waals surface area contributed by atoms with Gasteiger partial charge in [0.2, 0.25) is 0 Å². The van der Waals surface area contributed by atoms with E-state index in [4.69, 9.17) is 21.1 Å². The van der Waals surface area contributed by atoms with E-state index < -0.39 is 36.3 Å². The van der Waals surface area contributed by atoms with Crippen LogP contribution in [-0.4, -0.2) is 74.9 Å². The van der Waals surface area contributed by atoms with E-state index in [9.17, 15) is 19.8 Å². The maximum atomic E-state index is 11.1. The minimum atomic E-state index is -2.30. The largest absolute Gasteiger partial charge is 0.479 e. The molecular formula is C8H16N2O7. The minimum Gasteiger partial charge on any atom is -0.479 e. The molecule has 0 aromatic heterocycles. The van der Waals surface area contributed by atoms with E-state index in [0.29, 0.717) is 0 Å². The van der Waals surface area contributed by atoms with Gasteiger partial charge in [-0.3, -0.25) is 4.79 Å². The second kappa shape index (κ2) is 7.14. The van der Waals surface area contributed by atoms with Gasteiger partial charge in [0.15, 0.2) is 12.2 Å². The van der Waals surface area contributed by atoms with Crippen molar-refractivity contribution >= 4 is 11.9 Å². The molecule has 0 rings (SSSR count). The van der Waals surface area contributed by atoms with Crippen LogP contribution in [0.15, 0.2) is 0 Å². The molecule has 9 heteroatoms. The van der Waals surface area contributed by atoms with Crippen LogP contribution in [0.1, 0.15) is 0 Å². The van der Waals surface area contributed by atoms with E-state index in [-0.39, 0.29) is 13.1 Å². The SMILES string of the molecule is NCCNC(=O)C(O)[C@@H](O)[C@H](O)C(O)C(=O)O. The monoisotopic (exact) mass is 252 g/mol. The third-order valence-corrected chi connectivity index (χ3v) is 1.96. The molecule has 4 atom stereocenters. The van der Waals surface area contributed by atoms with E-state index in [1.54, 1.807) is 0 Å². The first-order valence-electron chi connectivity index (χ1n) is 4.75. The summed E-state index contributed by atoms with van der Waals surface area (Å²) in [6, 6.07) is 0. The molecule has 0 bridgehead atoms. The number of aliphatic hydroxyl groups excluding tert-OH is 4. The molecule has 1 amide bonds. The summed E-state index contributed by atoms with van der Waals surface area (Å²) in [5.74, 6) is -2.81. The fourth-order valence-corrected chi connectivity index (χ4v) is 0.975. The Morgan fingerprint density at radius 3 is 1.94 bits per heavy atom. The molecule has 100 valence electrons. The van der Waals surface area contributed by atoms with Crippen LogP contribution in [-0.2, 0) is 9.59 Å². The Bertz CT molecular complexity index is 273. The van der Waals surface area contributed by atoms with Gasteiger partial charge in [0.25, 0.3) is 5.91 Å². The second-order valence-corrected chi connectivity index (χ2v) is 3.29. The average molecular weight is 252 g/mol. The van der Waals surface area contributed by atoms with Crippen molar-refractivity contribution in [3.63, 3.8) is 0 Å². The van der Waals surface area contributed by atoms with Crippen molar-refractivity contribution in [3.8, 4) is 0 Å². The van der Waals surface area contributed by atoms with E-state index in [1.165, 1.54) is 0 Å². The van der Waals surface area contributed by atoms with Crippen LogP contribution in [0.25, 0.3) is 0 Å². The highest BCUT2D eigenvalue weighted by Crippen LogP contribution is 2.05. The molecular weight excluding hydrogens is 236 g/mol. The summed E-state index contributed by atoms with van der Waals surface area (Å²) in [5.41, 5.74) is 5.07. The fourth-order valence-electron chi connectivity index (χ4n) is 0.975. The number of hydrogen-bond acceptors (Lipinski definition) is 7. The molecule has 0 aliphatic rings. The predicted molar refractivity (Wildman–Crippen MR) is 53.7 cm³/mol. The van der Waals surface area contributed by atoms with E-state index in [2.05, 4.69) is 5.32 Å². The van der Waals surface area contributed by atoms with Crippen molar-refractivity contribution in [3.05, 3.63) is 0 Å². The fraction of sp³-hybridized carbons (Fsp3) is 0.750. The number of nitrogens with one attached hydrogen (secondary N) is 1. The van der Waals surface area contributed by atoms with Gasteiger partial charge in [0.05, 0.1) is 0 Å². The van der Waals surface area contributed by atoms with Gasteiger partial charge in [-0.2, -0.15) is 0 Å². The summed E-state index contributed by atoms with van der Waals surface area (Å²) in [6.45, 7) is 0.148. The molecule has 0 radical (unpaired) electrons. The number of carboxylic acids is 1. The van der Waals surface area contributed by atoms with Crippen LogP contribution in [0.4, 0.5) is 0 Å². The molecule has 8 N–H and O–H groups in total.